The second kappa shape index (κ2) is 7.29. The predicted molar refractivity (Wildman–Crippen MR) is 102 cm³/mol. The molecule has 1 fully saturated rings. The fraction of sp³-hybridized carbons (Fsp3) is 0.421. The number of aromatic nitrogens is 4. The second-order valence-electron chi connectivity index (χ2n) is 6.77. The number of rotatable bonds is 5. The fourth-order valence-electron chi connectivity index (χ4n) is 3.26. The van der Waals surface area contributed by atoms with Crippen LogP contribution in [0.3, 0.4) is 0 Å². The van der Waals surface area contributed by atoms with E-state index in [0.717, 1.165) is 55.6 Å². The van der Waals surface area contributed by atoms with Crippen molar-refractivity contribution in [2.24, 2.45) is 0 Å². The Bertz CT molecular complexity index is 872. The van der Waals surface area contributed by atoms with Crippen molar-refractivity contribution in [1.29, 1.82) is 0 Å². The van der Waals surface area contributed by atoms with Gasteiger partial charge in [-0.1, -0.05) is 30.3 Å². The minimum atomic E-state index is 0.388. The summed E-state index contributed by atoms with van der Waals surface area (Å²) in [4.78, 5) is 2.14. The van der Waals surface area contributed by atoms with Crippen LogP contribution in [0.5, 0.6) is 0 Å². The Hall–Kier alpha value is -2.67. The zero-order valence-electron chi connectivity index (χ0n) is 15.2. The molecule has 7 nitrogen and oxygen atoms in total. The molecule has 7 heteroatoms. The van der Waals surface area contributed by atoms with Crippen LogP contribution in [0.2, 0.25) is 0 Å². The van der Waals surface area contributed by atoms with Crippen molar-refractivity contribution >= 4 is 17.2 Å². The minimum Gasteiger partial charge on any atom is -0.381 e. The Morgan fingerprint density at radius 1 is 1.19 bits per heavy atom. The highest BCUT2D eigenvalue weighted by Crippen LogP contribution is 2.24. The fourth-order valence-corrected chi connectivity index (χ4v) is 3.26. The number of ether oxygens (including phenoxy) is 1. The summed E-state index contributed by atoms with van der Waals surface area (Å²) in [5, 5.41) is 16.9. The highest BCUT2D eigenvalue weighted by atomic mass is 16.5. The Morgan fingerprint density at radius 3 is 2.73 bits per heavy atom. The molecule has 2 aromatic heterocycles. The van der Waals surface area contributed by atoms with Crippen LogP contribution in [0.25, 0.3) is 5.65 Å². The molecule has 0 saturated carbocycles. The van der Waals surface area contributed by atoms with Crippen LogP contribution in [-0.2, 0) is 11.3 Å². The van der Waals surface area contributed by atoms with Crippen LogP contribution in [-0.4, -0.2) is 46.1 Å². The molecule has 0 amide bonds. The number of anilines is 2. The van der Waals surface area contributed by atoms with Crippen molar-refractivity contribution in [2.75, 3.05) is 30.5 Å². The molecule has 0 atom stereocenters. The molecule has 1 aliphatic heterocycles. The molecular weight excluding hydrogens is 328 g/mol. The van der Waals surface area contributed by atoms with Crippen molar-refractivity contribution in [3.05, 3.63) is 47.8 Å². The van der Waals surface area contributed by atoms with E-state index in [1.165, 1.54) is 5.56 Å². The van der Waals surface area contributed by atoms with E-state index in [1.54, 1.807) is 0 Å². The normalized spacial score (nSPS) is 15.3. The zero-order chi connectivity index (χ0) is 17.9. The van der Waals surface area contributed by atoms with E-state index < -0.39 is 0 Å². The van der Waals surface area contributed by atoms with Gasteiger partial charge in [0.2, 0.25) is 5.65 Å². The van der Waals surface area contributed by atoms with Crippen LogP contribution in [0.4, 0.5) is 11.5 Å². The summed E-state index contributed by atoms with van der Waals surface area (Å²) in [6.07, 6.45) is 1.99. The van der Waals surface area contributed by atoms with Crippen LogP contribution in [0.15, 0.2) is 36.4 Å². The molecule has 0 unspecified atom stereocenters. The largest absolute Gasteiger partial charge is 0.381 e. The third kappa shape index (κ3) is 3.48. The SMILES string of the molecule is Cc1nnc2c(NC3CCOCC3)cc(N(C)Cc3ccccc3)nn12. The molecule has 0 bridgehead atoms. The lowest BCUT2D eigenvalue weighted by atomic mass is 10.1. The van der Waals surface area contributed by atoms with Crippen LogP contribution in [0.1, 0.15) is 24.2 Å². The Balaban J connectivity index is 1.64. The molecule has 1 aliphatic rings. The van der Waals surface area contributed by atoms with Gasteiger partial charge in [-0.25, -0.2) is 0 Å². The molecule has 3 heterocycles. The lowest BCUT2D eigenvalue weighted by Gasteiger charge is -2.25. The molecule has 1 N–H and O–H groups in total. The van der Waals surface area contributed by atoms with Gasteiger partial charge in [-0.15, -0.1) is 15.3 Å². The van der Waals surface area contributed by atoms with Crippen molar-refractivity contribution in [3.8, 4) is 0 Å². The van der Waals surface area contributed by atoms with E-state index in [2.05, 4.69) is 57.8 Å². The number of benzene rings is 1. The summed E-state index contributed by atoms with van der Waals surface area (Å²) in [5.41, 5.74) is 2.99. The summed E-state index contributed by atoms with van der Waals surface area (Å²) in [6, 6.07) is 12.9. The van der Waals surface area contributed by atoms with E-state index in [-0.39, 0.29) is 0 Å². The monoisotopic (exact) mass is 352 g/mol. The third-order valence-corrected chi connectivity index (χ3v) is 4.75. The number of nitrogens with one attached hydrogen (secondary N) is 1. The Morgan fingerprint density at radius 2 is 1.96 bits per heavy atom. The third-order valence-electron chi connectivity index (χ3n) is 4.75. The molecule has 0 spiro atoms. The lowest BCUT2D eigenvalue weighted by Crippen LogP contribution is -2.28. The van der Waals surface area contributed by atoms with Gasteiger partial charge < -0.3 is 15.0 Å². The summed E-state index contributed by atoms with van der Waals surface area (Å²) in [6.45, 7) is 4.31. The van der Waals surface area contributed by atoms with Gasteiger partial charge in [-0.2, -0.15) is 4.52 Å². The summed E-state index contributed by atoms with van der Waals surface area (Å²) in [7, 11) is 2.05. The smallest absolute Gasteiger partial charge is 0.201 e. The number of fused-ring (bicyclic) bond motifs is 1. The van der Waals surface area contributed by atoms with Gasteiger partial charge in [0.25, 0.3) is 0 Å². The highest BCUT2D eigenvalue weighted by molar-refractivity contribution is 5.70. The van der Waals surface area contributed by atoms with Crippen molar-refractivity contribution in [1.82, 2.24) is 19.8 Å². The zero-order valence-corrected chi connectivity index (χ0v) is 15.2. The molecular formula is C19H24N6O. The number of hydrogen-bond donors (Lipinski definition) is 1. The van der Waals surface area contributed by atoms with E-state index in [4.69, 9.17) is 9.84 Å². The minimum absolute atomic E-state index is 0.388. The van der Waals surface area contributed by atoms with Gasteiger partial charge >= 0.3 is 0 Å². The van der Waals surface area contributed by atoms with Crippen molar-refractivity contribution < 1.29 is 4.74 Å². The topological polar surface area (TPSA) is 67.6 Å². The van der Waals surface area contributed by atoms with Gasteiger partial charge in [-0.3, -0.25) is 0 Å². The molecule has 136 valence electrons. The standard InChI is InChI=1S/C19H24N6O/c1-14-21-22-19-17(20-16-8-10-26-11-9-16)12-18(23-25(14)19)24(2)13-15-6-4-3-5-7-15/h3-7,12,16,20H,8-11,13H2,1-2H3. The van der Waals surface area contributed by atoms with Crippen LogP contribution in [0, 0.1) is 6.92 Å². The first-order valence-electron chi connectivity index (χ1n) is 9.03. The van der Waals surface area contributed by atoms with E-state index in [0.29, 0.717) is 6.04 Å². The highest BCUT2D eigenvalue weighted by Gasteiger charge is 2.18. The average Bonchev–Trinajstić information content (AvgIpc) is 3.05. The Labute approximate surface area is 153 Å². The molecule has 4 rings (SSSR count). The van der Waals surface area contributed by atoms with Gasteiger partial charge in [0, 0.05) is 38.9 Å². The summed E-state index contributed by atoms with van der Waals surface area (Å²) in [5.74, 6) is 1.67. The van der Waals surface area contributed by atoms with E-state index >= 15 is 0 Å². The molecule has 3 aromatic rings. The number of hydrogen-bond acceptors (Lipinski definition) is 6. The van der Waals surface area contributed by atoms with Gasteiger partial charge in [-0.05, 0) is 25.3 Å². The van der Waals surface area contributed by atoms with E-state index in [1.807, 2.05) is 17.5 Å². The maximum absolute atomic E-state index is 5.46. The number of aryl methyl sites for hydroxylation is 1. The van der Waals surface area contributed by atoms with Crippen LogP contribution < -0.4 is 10.2 Å². The molecule has 0 radical (unpaired) electrons. The molecule has 26 heavy (non-hydrogen) atoms. The lowest BCUT2D eigenvalue weighted by molar-refractivity contribution is 0.0904. The van der Waals surface area contributed by atoms with Gasteiger partial charge in [0.1, 0.15) is 0 Å². The quantitative estimate of drug-likeness (QED) is 0.761. The molecule has 0 aliphatic carbocycles. The maximum atomic E-state index is 5.46. The number of nitrogens with zero attached hydrogens (tertiary/aromatic N) is 5. The first kappa shape index (κ1) is 16.8. The van der Waals surface area contributed by atoms with Gasteiger partial charge in [0.05, 0.1) is 5.69 Å². The Kier molecular flexibility index (Phi) is 4.71. The van der Waals surface area contributed by atoms with Gasteiger partial charge in [0.15, 0.2) is 11.6 Å². The summed E-state index contributed by atoms with van der Waals surface area (Å²) < 4.78 is 7.28. The predicted octanol–water partition coefficient (Wildman–Crippen LogP) is 2.66. The van der Waals surface area contributed by atoms with Crippen LogP contribution >= 0.6 is 0 Å². The molecule has 1 aromatic carbocycles. The second-order valence-corrected chi connectivity index (χ2v) is 6.77. The van der Waals surface area contributed by atoms with Crippen molar-refractivity contribution in [3.63, 3.8) is 0 Å². The summed E-state index contributed by atoms with van der Waals surface area (Å²) >= 11 is 0. The average molecular weight is 352 g/mol. The first-order valence-corrected chi connectivity index (χ1v) is 9.03. The van der Waals surface area contributed by atoms with E-state index in [9.17, 15) is 0 Å². The maximum Gasteiger partial charge on any atom is 0.201 e. The molecule has 1 saturated heterocycles. The first-order chi connectivity index (χ1) is 12.7. The van der Waals surface area contributed by atoms with Crippen molar-refractivity contribution in [2.45, 2.75) is 32.4 Å².